The number of Topliss-reactive ketones (excluding diaryl/α,β-unsaturated/α-hetero) is 1. The van der Waals surface area contributed by atoms with Crippen LogP contribution in [0.1, 0.15) is 30.1 Å². The van der Waals surface area contributed by atoms with Gasteiger partial charge in [0, 0.05) is 29.9 Å². The van der Waals surface area contributed by atoms with Crippen LogP contribution in [0, 0.1) is 0 Å². The number of nitrogens with zero attached hydrogens (tertiary/aromatic N) is 1. The topological polar surface area (TPSA) is 92.8 Å². The Morgan fingerprint density at radius 1 is 1.19 bits per heavy atom. The number of hydrogen-bond donors (Lipinski definition) is 1. The molecule has 8 heteroatoms. The Hall–Kier alpha value is -2.87. The highest BCUT2D eigenvalue weighted by Gasteiger charge is 2.26. The molecule has 0 aliphatic carbocycles. The van der Waals surface area contributed by atoms with E-state index in [0.29, 0.717) is 24.2 Å². The number of nitrogens with one attached hydrogen (secondary N) is 1. The van der Waals surface area contributed by atoms with Gasteiger partial charge < -0.3 is 9.64 Å². The Morgan fingerprint density at radius 3 is 2.59 bits per heavy atom. The summed E-state index contributed by atoms with van der Waals surface area (Å²) in [6.07, 6.45) is 1.19. The fourth-order valence-electron chi connectivity index (χ4n) is 2.98. The van der Waals surface area contributed by atoms with E-state index >= 15 is 0 Å². The Balaban J connectivity index is 1.98. The molecule has 27 heavy (non-hydrogen) atoms. The third-order valence-corrected chi connectivity index (χ3v) is 5.75. The predicted molar refractivity (Wildman–Crippen MR) is 102 cm³/mol. The molecule has 1 aliphatic heterocycles. The lowest BCUT2D eigenvalue weighted by Crippen LogP contribution is -2.24. The lowest BCUT2D eigenvalue weighted by Gasteiger charge is -2.18. The third-order valence-electron chi connectivity index (χ3n) is 4.34. The van der Waals surface area contributed by atoms with Gasteiger partial charge in [-0.2, -0.15) is 0 Å². The van der Waals surface area contributed by atoms with E-state index in [9.17, 15) is 18.0 Å². The number of benzene rings is 2. The second kappa shape index (κ2) is 7.40. The summed E-state index contributed by atoms with van der Waals surface area (Å²) in [6, 6.07) is 10.9. The van der Waals surface area contributed by atoms with E-state index in [0.717, 1.165) is 6.42 Å². The van der Waals surface area contributed by atoms with E-state index in [1.165, 1.54) is 32.2 Å². The minimum Gasteiger partial charge on any atom is -0.495 e. The SMILES string of the molecule is COc1ccc(N2CCCC2=O)cc1S(=O)(=O)Nc1cccc(C(C)=O)c1. The van der Waals surface area contributed by atoms with Gasteiger partial charge >= 0.3 is 0 Å². The van der Waals surface area contributed by atoms with Crippen molar-refractivity contribution in [2.45, 2.75) is 24.7 Å². The van der Waals surface area contributed by atoms with Crippen molar-refractivity contribution in [3.05, 3.63) is 48.0 Å². The van der Waals surface area contributed by atoms with Crippen molar-refractivity contribution < 1.29 is 22.7 Å². The molecule has 2 aromatic rings. The first kappa shape index (κ1) is 18.9. The molecule has 1 N–H and O–H groups in total. The van der Waals surface area contributed by atoms with Crippen LogP contribution >= 0.6 is 0 Å². The second-order valence-corrected chi connectivity index (χ2v) is 7.88. The molecule has 0 radical (unpaired) electrons. The van der Waals surface area contributed by atoms with E-state index in [1.807, 2.05) is 0 Å². The fourth-order valence-corrected chi connectivity index (χ4v) is 4.22. The van der Waals surface area contributed by atoms with Gasteiger partial charge in [0.15, 0.2) is 5.78 Å². The Morgan fingerprint density at radius 2 is 1.96 bits per heavy atom. The Labute approximate surface area is 158 Å². The van der Waals surface area contributed by atoms with Gasteiger partial charge in [-0.1, -0.05) is 12.1 Å². The molecule has 0 atom stereocenters. The molecule has 1 fully saturated rings. The number of methoxy groups -OCH3 is 1. The van der Waals surface area contributed by atoms with E-state index in [4.69, 9.17) is 4.74 Å². The van der Waals surface area contributed by atoms with Gasteiger partial charge in [-0.05, 0) is 43.7 Å². The maximum absolute atomic E-state index is 12.9. The Bertz CT molecular complexity index is 1000. The molecule has 3 rings (SSSR count). The largest absolute Gasteiger partial charge is 0.495 e. The van der Waals surface area contributed by atoms with Crippen LogP contribution in [-0.2, 0) is 14.8 Å². The monoisotopic (exact) mass is 388 g/mol. The normalized spacial score (nSPS) is 14.3. The van der Waals surface area contributed by atoms with Crippen molar-refractivity contribution in [1.29, 1.82) is 0 Å². The summed E-state index contributed by atoms with van der Waals surface area (Å²) in [6.45, 7) is 1.96. The van der Waals surface area contributed by atoms with Crippen molar-refractivity contribution in [3.8, 4) is 5.75 Å². The molecular formula is C19H20N2O5S. The van der Waals surface area contributed by atoms with Gasteiger partial charge in [-0.25, -0.2) is 8.42 Å². The number of carbonyl (C=O) groups excluding carboxylic acids is 2. The molecule has 0 unspecified atom stereocenters. The van der Waals surface area contributed by atoms with E-state index < -0.39 is 10.0 Å². The second-order valence-electron chi connectivity index (χ2n) is 6.23. The van der Waals surface area contributed by atoms with Crippen LogP contribution in [0.3, 0.4) is 0 Å². The van der Waals surface area contributed by atoms with Gasteiger partial charge in [-0.15, -0.1) is 0 Å². The molecule has 1 amide bonds. The predicted octanol–water partition coefficient (Wildman–Crippen LogP) is 2.83. The summed E-state index contributed by atoms with van der Waals surface area (Å²) in [7, 11) is -2.61. The molecular weight excluding hydrogens is 368 g/mol. The van der Waals surface area contributed by atoms with Crippen molar-refractivity contribution in [2.24, 2.45) is 0 Å². The highest BCUT2D eigenvalue weighted by Crippen LogP contribution is 2.32. The molecule has 0 bridgehead atoms. The van der Waals surface area contributed by atoms with Crippen molar-refractivity contribution in [1.82, 2.24) is 0 Å². The van der Waals surface area contributed by atoms with Gasteiger partial charge in [0.1, 0.15) is 10.6 Å². The lowest BCUT2D eigenvalue weighted by molar-refractivity contribution is -0.117. The summed E-state index contributed by atoms with van der Waals surface area (Å²) in [5.41, 5.74) is 1.18. The van der Waals surface area contributed by atoms with E-state index in [-0.39, 0.29) is 28.0 Å². The van der Waals surface area contributed by atoms with Gasteiger partial charge in [0.05, 0.1) is 7.11 Å². The van der Waals surface area contributed by atoms with Crippen LogP contribution in [0.5, 0.6) is 5.75 Å². The van der Waals surface area contributed by atoms with E-state index in [2.05, 4.69) is 4.72 Å². The molecule has 2 aromatic carbocycles. The minimum atomic E-state index is -3.99. The first-order valence-corrected chi connectivity index (χ1v) is 9.92. The molecule has 1 heterocycles. The van der Waals surface area contributed by atoms with Gasteiger partial charge in [0.25, 0.3) is 10.0 Å². The van der Waals surface area contributed by atoms with Gasteiger partial charge in [0.2, 0.25) is 5.91 Å². The zero-order valence-corrected chi connectivity index (χ0v) is 15.9. The summed E-state index contributed by atoms with van der Waals surface area (Å²) in [4.78, 5) is 25.0. The summed E-state index contributed by atoms with van der Waals surface area (Å²) < 4.78 is 33.5. The Kier molecular flexibility index (Phi) is 5.18. The molecule has 1 saturated heterocycles. The molecule has 0 aromatic heterocycles. The standard InChI is InChI=1S/C19H20N2O5S/c1-13(22)14-5-3-6-15(11-14)20-27(24,25)18-12-16(8-9-17(18)26-2)21-10-4-7-19(21)23/h3,5-6,8-9,11-12,20H,4,7,10H2,1-2H3. The van der Waals surface area contributed by atoms with Crippen molar-refractivity contribution in [3.63, 3.8) is 0 Å². The number of amides is 1. The number of ether oxygens (including phenoxy) is 1. The first-order valence-electron chi connectivity index (χ1n) is 8.44. The number of anilines is 2. The van der Waals surface area contributed by atoms with Crippen LogP contribution in [0.15, 0.2) is 47.4 Å². The highest BCUT2D eigenvalue weighted by molar-refractivity contribution is 7.92. The average Bonchev–Trinajstić information content (AvgIpc) is 3.07. The quantitative estimate of drug-likeness (QED) is 0.768. The van der Waals surface area contributed by atoms with Crippen LogP contribution in [0.2, 0.25) is 0 Å². The van der Waals surface area contributed by atoms with Crippen LogP contribution in [0.4, 0.5) is 11.4 Å². The maximum Gasteiger partial charge on any atom is 0.265 e. The number of carbonyl (C=O) groups is 2. The van der Waals surface area contributed by atoms with E-state index in [1.54, 1.807) is 29.2 Å². The summed E-state index contributed by atoms with van der Waals surface area (Å²) in [5, 5.41) is 0. The molecule has 0 saturated carbocycles. The van der Waals surface area contributed by atoms with Crippen molar-refractivity contribution in [2.75, 3.05) is 23.3 Å². The van der Waals surface area contributed by atoms with Crippen LogP contribution < -0.4 is 14.4 Å². The first-order chi connectivity index (χ1) is 12.8. The zero-order valence-electron chi connectivity index (χ0n) is 15.1. The minimum absolute atomic E-state index is 0.0365. The molecule has 142 valence electrons. The molecule has 7 nitrogen and oxygen atoms in total. The highest BCUT2D eigenvalue weighted by atomic mass is 32.2. The van der Waals surface area contributed by atoms with Crippen LogP contribution in [-0.4, -0.2) is 33.8 Å². The zero-order chi connectivity index (χ0) is 19.6. The number of hydrogen-bond acceptors (Lipinski definition) is 5. The molecule has 0 spiro atoms. The number of ketones is 1. The third kappa shape index (κ3) is 3.95. The summed E-state index contributed by atoms with van der Waals surface area (Å²) in [5.74, 6) is -0.0329. The van der Waals surface area contributed by atoms with Crippen LogP contribution in [0.25, 0.3) is 0 Å². The number of sulfonamides is 1. The van der Waals surface area contributed by atoms with Gasteiger partial charge in [-0.3, -0.25) is 14.3 Å². The smallest absolute Gasteiger partial charge is 0.265 e. The van der Waals surface area contributed by atoms with Crippen molar-refractivity contribution >= 4 is 33.1 Å². The lowest BCUT2D eigenvalue weighted by atomic mass is 10.1. The average molecular weight is 388 g/mol. The summed E-state index contributed by atoms with van der Waals surface area (Å²) >= 11 is 0. The molecule has 1 aliphatic rings. The fraction of sp³-hybridized carbons (Fsp3) is 0.263. The maximum atomic E-state index is 12.9. The number of rotatable bonds is 6.